The van der Waals surface area contributed by atoms with Gasteiger partial charge in [0.1, 0.15) is 18.4 Å². The van der Waals surface area contributed by atoms with Crippen LogP contribution < -0.4 is 10.6 Å². The predicted octanol–water partition coefficient (Wildman–Crippen LogP) is -0.608. The maximum atomic E-state index is 11.6. The van der Waals surface area contributed by atoms with Crippen molar-refractivity contribution in [3.63, 3.8) is 0 Å². The molecule has 8 nitrogen and oxygen atoms in total. The number of amides is 1. The average Bonchev–Trinajstić information content (AvgIpc) is 2.52. The number of Topliss-reactive ketones (excluding diaryl/α,β-unsaturated/α-hetero) is 1. The highest BCUT2D eigenvalue weighted by atomic mass is 16.6. The van der Waals surface area contributed by atoms with Crippen molar-refractivity contribution < 1.29 is 29.0 Å². The van der Waals surface area contributed by atoms with Crippen molar-refractivity contribution in [2.45, 2.75) is 38.7 Å². The minimum absolute atomic E-state index is 0.0981. The first-order valence-corrected chi connectivity index (χ1v) is 7.78. The fourth-order valence-corrected chi connectivity index (χ4v) is 1.66. The highest BCUT2D eigenvalue weighted by molar-refractivity contribution is 5.82. The van der Waals surface area contributed by atoms with Crippen LogP contribution in [0, 0.1) is 0 Å². The van der Waals surface area contributed by atoms with E-state index in [1.54, 1.807) is 7.05 Å². The van der Waals surface area contributed by atoms with Crippen molar-refractivity contribution in [3.8, 4) is 0 Å². The molecule has 0 aliphatic heterocycles. The van der Waals surface area contributed by atoms with E-state index in [2.05, 4.69) is 10.6 Å². The van der Waals surface area contributed by atoms with E-state index in [0.717, 1.165) is 0 Å². The van der Waals surface area contributed by atoms with Gasteiger partial charge in [0.25, 0.3) is 0 Å². The third-order valence-electron chi connectivity index (χ3n) is 2.91. The first-order chi connectivity index (χ1) is 11.0. The van der Waals surface area contributed by atoms with E-state index in [9.17, 15) is 14.4 Å². The number of rotatable bonds is 14. The summed E-state index contributed by atoms with van der Waals surface area (Å²) in [7, 11) is 1.79. The first-order valence-electron chi connectivity index (χ1n) is 7.78. The van der Waals surface area contributed by atoms with E-state index in [1.165, 1.54) is 6.92 Å². The Morgan fingerprint density at radius 3 is 2.48 bits per heavy atom. The molecule has 8 heteroatoms. The number of likely N-dealkylation sites (N-methyl/N-ethyl adjacent to an activating group) is 1. The Hall–Kier alpha value is -1.51. The Labute approximate surface area is 136 Å². The second-order valence-electron chi connectivity index (χ2n) is 5.16. The largest absolute Gasteiger partial charge is 0.456 e. The fraction of sp³-hybridized carbons (Fsp3) is 0.800. The molecule has 0 saturated heterocycles. The molecular formula is C15H28N2O6. The smallest absolute Gasteiger partial charge is 0.325 e. The molecule has 0 heterocycles. The van der Waals surface area contributed by atoms with Crippen LogP contribution in [0.4, 0.5) is 0 Å². The van der Waals surface area contributed by atoms with Gasteiger partial charge in [-0.25, -0.2) is 0 Å². The van der Waals surface area contributed by atoms with Gasteiger partial charge in [-0.2, -0.15) is 0 Å². The summed E-state index contributed by atoms with van der Waals surface area (Å²) in [5.74, 6) is -0.796. The molecule has 0 aromatic carbocycles. The summed E-state index contributed by atoms with van der Waals surface area (Å²) in [6, 6.07) is 0. The van der Waals surface area contributed by atoms with E-state index in [0.29, 0.717) is 32.4 Å². The summed E-state index contributed by atoms with van der Waals surface area (Å²) in [5.41, 5.74) is 0. The monoisotopic (exact) mass is 332 g/mol. The Balaban J connectivity index is 3.77. The molecular weight excluding hydrogens is 304 g/mol. The summed E-state index contributed by atoms with van der Waals surface area (Å²) in [6.45, 7) is 2.12. The van der Waals surface area contributed by atoms with Gasteiger partial charge in [-0.1, -0.05) is 0 Å². The van der Waals surface area contributed by atoms with Gasteiger partial charge < -0.3 is 30.0 Å². The van der Waals surface area contributed by atoms with Gasteiger partial charge in [0.15, 0.2) is 0 Å². The molecule has 0 aliphatic carbocycles. The summed E-state index contributed by atoms with van der Waals surface area (Å²) in [6.07, 6.45) is 1.23. The Morgan fingerprint density at radius 1 is 1.17 bits per heavy atom. The number of esters is 1. The molecule has 0 bridgehead atoms. The molecule has 23 heavy (non-hydrogen) atoms. The van der Waals surface area contributed by atoms with Gasteiger partial charge in [0.2, 0.25) is 5.91 Å². The summed E-state index contributed by atoms with van der Waals surface area (Å²) >= 11 is 0. The number of hydrogen-bond acceptors (Lipinski definition) is 7. The zero-order valence-corrected chi connectivity index (χ0v) is 13.9. The van der Waals surface area contributed by atoms with E-state index in [-0.39, 0.29) is 37.9 Å². The Morgan fingerprint density at radius 2 is 1.87 bits per heavy atom. The van der Waals surface area contributed by atoms with Gasteiger partial charge in [-0.05, 0) is 26.8 Å². The number of ketones is 1. The number of nitrogens with one attached hydrogen (secondary N) is 2. The van der Waals surface area contributed by atoms with Crippen LogP contribution >= 0.6 is 0 Å². The molecule has 0 rings (SSSR count). The molecule has 0 aliphatic rings. The lowest BCUT2D eigenvalue weighted by Crippen LogP contribution is -2.35. The maximum Gasteiger partial charge on any atom is 0.325 e. The molecule has 0 fully saturated rings. The van der Waals surface area contributed by atoms with E-state index in [1.807, 2.05) is 0 Å². The lowest BCUT2D eigenvalue weighted by molar-refractivity contribution is -0.154. The third kappa shape index (κ3) is 13.8. The quantitative estimate of drug-likeness (QED) is 0.287. The van der Waals surface area contributed by atoms with Crippen LogP contribution in [0.15, 0.2) is 0 Å². The van der Waals surface area contributed by atoms with Crippen LogP contribution in [0.3, 0.4) is 0 Å². The summed E-state index contributed by atoms with van der Waals surface area (Å²) < 4.78 is 10.2. The van der Waals surface area contributed by atoms with E-state index < -0.39 is 12.1 Å². The second kappa shape index (κ2) is 14.1. The van der Waals surface area contributed by atoms with E-state index >= 15 is 0 Å². The lowest BCUT2D eigenvalue weighted by atomic mass is 10.1. The molecule has 0 aromatic rings. The highest BCUT2D eigenvalue weighted by Crippen LogP contribution is 2.00. The summed E-state index contributed by atoms with van der Waals surface area (Å²) in [4.78, 5) is 33.8. The highest BCUT2D eigenvalue weighted by Gasteiger charge is 2.14. The normalized spacial score (nSPS) is 11.8. The third-order valence-corrected chi connectivity index (χ3v) is 2.91. The predicted molar refractivity (Wildman–Crippen MR) is 83.9 cm³/mol. The van der Waals surface area contributed by atoms with Gasteiger partial charge in [-0.15, -0.1) is 0 Å². The first kappa shape index (κ1) is 21.5. The number of hydrogen-bond donors (Lipinski definition) is 3. The minimum Gasteiger partial charge on any atom is -0.456 e. The molecule has 1 amide bonds. The van der Waals surface area contributed by atoms with Crippen LogP contribution in [0.25, 0.3) is 0 Å². The molecule has 0 aromatic heterocycles. The molecule has 0 saturated carbocycles. The summed E-state index contributed by atoms with van der Waals surface area (Å²) in [5, 5.41) is 14.5. The number of carbonyl (C=O) groups is 3. The standard InChI is InChI=1S/C15H28N2O6/c1-12(19)5-3-4-6-14(20)17-9-15(21)23-13(10-18)11-22-8-7-16-2/h13,16,18H,3-11H2,1-2H3,(H,17,20). The van der Waals surface area contributed by atoms with Gasteiger partial charge in [-0.3, -0.25) is 9.59 Å². The van der Waals surface area contributed by atoms with E-state index in [4.69, 9.17) is 14.6 Å². The van der Waals surface area contributed by atoms with Gasteiger partial charge in [0.05, 0.1) is 19.8 Å². The SMILES string of the molecule is CNCCOCC(CO)OC(=O)CNC(=O)CCCCC(C)=O. The number of aliphatic hydroxyl groups excluding tert-OH is 1. The van der Waals surface area contributed by atoms with Crippen molar-refractivity contribution in [1.29, 1.82) is 0 Å². The molecule has 1 unspecified atom stereocenters. The number of ether oxygens (including phenoxy) is 2. The van der Waals surface area contributed by atoms with Crippen molar-refractivity contribution in [2.24, 2.45) is 0 Å². The Bertz CT molecular complexity index is 362. The molecule has 134 valence electrons. The Kier molecular flexibility index (Phi) is 13.2. The molecule has 3 N–H and O–H groups in total. The second-order valence-corrected chi connectivity index (χ2v) is 5.16. The molecule has 0 radical (unpaired) electrons. The average molecular weight is 332 g/mol. The maximum absolute atomic E-state index is 11.6. The minimum atomic E-state index is -0.744. The van der Waals surface area contributed by atoms with Crippen LogP contribution in [-0.2, 0) is 23.9 Å². The van der Waals surface area contributed by atoms with Gasteiger partial charge >= 0.3 is 5.97 Å². The fourth-order valence-electron chi connectivity index (χ4n) is 1.66. The number of carbonyl (C=O) groups excluding carboxylic acids is 3. The van der Waals surface area contributed by atoms with Crippen LogP contribution in [-0.4, -0.2) is 68.8 Å². The van der Waals surface area contributed by atoms with Crippen molar-refractivity contribution in [2.75, 3.05) is 40.0 Å². The van der Waals surface area contributed by atoms with Crippen LogP contribution in [0.2, 0.25) is 0 Å². The topological polar surface area (TPSA) is 114 Å². The van der Waals surface area contributed by atoms with Gasteiger partial charge in [0, 0.05) is 19.4 Å². The molecule has 0 spiro atoms. The zero-order valence-electron chi connectivity index (χ0n) is 13.9. The number of unbranched alkanes of at least 4 members (excludes halogenated alkanes) is 1. The van der Waals surface area contributed by atoms with Crippen LogP contribution in [0.5, 0.6) is 0 Å². The van der Waals surface area contributed by atoms with Crippen molar-refractivity contribution in [3.05, 3.63) is 0 Å². The van der Waals surface area contributed by atoms with Crippen molar-refractivity contribution >= 4 is 17.7 Å². The number of aliphatic hydroxyl groups is 1. The lowest BCUT2D eigenvalue weighted by Gasteiger charge is -2.16. The van der Waals surface area contributed by atoms with Crippen molar-refractivity contribution in [1.82, 2.24) is 10.6 Å². The molecule has 1 atom stereocenters. The van der Waals surface area contributed by atoms with Crippen LogP contribution in [0.1, 0.15) is 32.6 Å². The zero-order chi connectivity index (χ0) is 17.5.